The molecule has 0 atom stereocenters. The van der Waals surface area contributed by atoms with Crippen molar-refractivity contribution < 1.29 is 9.47 Å². The van der Waals surface area contributed by atoms with Crippen LogP contribution in [0.5, 0.6) is 11.5 Å². The summed E-state index contributed by atoms with van der Waals surface area (Å²) in [6.07, 6.45) is 9.37. The van der Waals surface area contributed by atoms with Gasteiger partial charge in [0.2, 0.25) is 0 Å². The summed E-state index contributed by atoms with van der Waals surface area (Å²) in [5.74, 6) is 1.47. The Morgan fingerprint density at radius 3 is 2.66 bits per heavy atom. The average Bonchev–Trinajstić information content (AvgIpc) is 3.29. The van der Waals surface area contributed by atoms with Gasteiger partial charge in [-0.2, -0.15) is 5.10 Å². The van der Waals surface area contributed by atoms with Gasteiger partial charge in [0.1, 0.15) is 18.1 Å². The van der Waals surface area contributed by atoms with Crippen LogP contribution in [0.3, 0.4) is 0 Å². The summed E-state index contributed by atoms with van der Waals surface area (Å²) in [5, 5.41) is 7.53. The molecule has 4 aromatic rings. The Morgan fingerprint density at radius 2 is 1.84 bits per heavy atom. The molecule has 0 aliphatic heterocycles. The second-order valence-corrected chi connectivity index (χ2v) is 7.41. The summed E-state index contributed by atoms with van der Waals surface area (Å²) in [4.78, 5) is 8.62. The third-order valence-corrected chi connectivity index (χ3v) is 5.18. The van der Waals surface area contributed by atoms with Crippen LogP contribution in [0.25, 0.3) is 12.2 Å². The zero-order valence-electron chi connectivity index (χ0n) is 18.3. The second-order valence-electron chi connectivity index (χ2n) is 7.41. The van der Waals surface area contributed by atoms with E-state index in [1.807, 2.05) is 67.7 Å². The summed E-state index contributed by atoms with van der Waals surface area (Å²) >= 11 is 0. The molecule has 0 fully saturated rings. The van der Waals surface area contributed by atoms with Gasteiger partial charge in [0.15, 0.2) is 0 Å². The zero-order valence-corrected chi connectivity index (χ0v) is 18.3. The van der Waals surface area contributed by atoms with Crippen LogP contribution >= 0.6 is 0 Å². The summed E-state index contributed by atoms with van der Waals surface area (Å²) < 4.78 is 11.4. The van der Waals surface area contributed by atoms with E-state index in [2.05, 4.69) is 32.3 Å². The van der Waals surface area contributed by atoms with E-state index >= 15 is 0 Å². The Hall–Kier alpha value is -3.93. The monoisotopic (exact) mass is 426 g/mol. The van der Waals surface area contributed by atoms with Crippen LogP contribution in [0, 0.1) is 6.92 Å². The lowest BCUT2D eigenvalue weighted by Crippen LogP contribution is -1.98. The van der Waals surface area contributed by atoms with Crippen molar-refractivity contribution in [2.75, 3.05) is 7.11 Å². The number of rotatable bonds is 9. The minimum absolute atomic E-state index is 0.411. The lowest BCUT2D eigenvalue weighted by atomic mass is 10.1. The highest BCUT2D eigenvalue weighted by Crippen LogP contribution is 2.27. The molecule has 0 unspecified atom stereocenters. The highest BCUT2D eigenvalue weighted by molar-refractivity contribution is 5.72. The first-order valence-corrected chi connectivity index (χ1v) is 10.5. The van der Waals surface area contributed by atoms with Crippen molar-refractivity contribution in [3.8, 4) is 11.5 Å². The van der Waals surface area contributed by atoms with Gasteiger partial charge in [0.25, 0.3) is 0 Å². The summed E-state index contributed by atoms with van der Waals surface area (Å²) in [5.41, 5.74) is 6.14. The predicted molar refractivity (Wildman–Crippen MR) is 125 cm³/mol. The zero-order chi connectivity index (χ0) is 22.2. The first kappa shape index (κ1) is 21.3. The van der Waals surface area contributed by atoms with Gasteiger partial charge in [-0.05, 0) is 73.9 Å². The van der Waals surface area contributed by atoms with Crippen molar-refractivity contribution >= 4 is 12.2 Å². The van der Waals surface area contributed by atoms with Gasteiger partial charge in [-0.1, -0.05) is 12.1 Å². The molecular formula is C26H26N4O2. The maximum Gasteiger partial charge on any atom is 0.130 e. The van der Waals surface area contributed by atoms with Gasteiger partial charge in [0, 0.05) is 35.4 Å². The number of H-pyrrole nitrogens is 1. The Morgan fingerprint density at radius 1 is 0.938 bits per heavy atom. The SMILES string of the molecule is COc1cc(OCc2ccccn2)ccc1/C=C/c1cc(CCc2cccnc2C)[nH]n1. The first-order chi connectivity index (χ1) is 15.7. The summed E-state index contributed by atoms with van der Waals surface area (Å²) in [6.45, 7) is 2.45. The number of nitrogens with one attached hydrogen (secondary N) is 1. The van der Waals surface area contributed by atoms with E-state index in [1.165, 1.54) is 5.56 Å². The van der Waals surface area contributed by atoms with Crippen molar-refractivity contribution in [2.45, 2.75) is 26.4 Å². The lowest BCUT2D eigenvalue weighted by molar-refractivity contribution is 0.299. The summed E-state index contributed by atoms with van der Waals surface area (Å²) in [7, 11) is 1.66. The number of nitrogens with zero attached hydrogens (tertiary/aromatic N) is 3. The molecule has 0 spiro atoms. The molecule has 0 bridgehead atoms. The molecule has 1 N–H and O–H groups in total. The molecule has 162 valence electrons. The molecule has 1 aromatic carbocycles. The van der Waals surface area contributed by atoms with Crippen LogP contribution in [0.4, 0.5) is 0 Å². The second kappa shape index (κ2) is 10.4. The third kappa shape index (κ3) is 5.60. The lowest BCUT2D eigenvalue weighted by Gasteiger charge is -2.09. The number of hydrogen-bond acceptors (Lipinski definition) is 5. The van der Waals surface area contributed by atoms with Gasteiger partial charge in [-0.3, -0.25) is 15.1 Å². The Kier molecular flexibility index (Phi) is 6.92. The molecular weight excluding hydrogens is 400 g/mol. The molecule has 32 heavy (non-hydrogen) atoms. The van der Waals surface area contributed by atoms with Gasteiger partial charge >= 0.3 is 0 Å². The number of aromatic nitrogens is 4. The maximum atomic E-state index is 5.84. The Bertz CT molecular complexity index is 1190. The van der Waals surface area contributed by atoms with Crippen molar-refractivity contribution in [2.24, 2.45) is 0 Å². The van der Waals surface area contributed by atoms with Gasteiger partial charge in [0.05, 0.1) is 18.5 Å². The molecule has 0 saturated carbocycles. The number of hydrogen-bond donors (Lipinski definition) is 1. The van der Waals surface area contributed by atoms with Crippen molar-refractivity contribution in [3.63, 3.8) is 0 Å². The maximum absolute atomic E-state index is 5.84. The molecule has 4 rings (SSSR count). The standard InChI is InChI=1S/C26H26N4O2/c1-19-20(6-5-15-27-19)8-11-22-16-23(30-29-22)12-9-21-10-13-25(17-26(21)31-2)32-18-24-7-3-4-14-28-24/h3-7,9-10,12-17H,8,11,18H2,1-2H3,(H,29,30)/b12-9+. The Balaban J connectivity index is 1.38. The van der Waals surface area contributed by atoms with Crippen LogP contribution < -0.4 is 9.47 Å². The van der Waals surface area contributed by atoms with Crippen molar-refractivity contribution in [3.05, 3.63) is 101 Å². The van der Waals surface area contributed by atoms with E-state index < -0.39 is 0 Å². The normalized spacial score (nSPS) is 11.1. The predicted octanol–water partition coefficient (Wildman–Crippen LogP) is 5.05. The number of pyridine rings is 2. The smallest absolute Gasteiger partial charge is 0.130 e. The van der Waals surface area contributed by atoms with Crippen LogP contribution in [-0.4, -0.2) is 27.3 Å². The van der Waals surface area contributed by atoms with E-state index in [9.17, 15) is 0 Å². The Labute approximate surface area is 188 Å². The number of aromatic amines is 1. The van der Waals surface area contributed by atoms with E-state index in [4.69, 9.17) is 9.47 Å². The van der Waals surface area contributed by atoms with E-state index in [0.717, 1.165) is 52.7 Å². The molecule has 3 heterocycles. The van der Waals surface area contributed by atoms with E-state index in [0.29, 0.717) is 6.61 Å². The molecule has 6 nitrogen and oxygen atoms in total. The molecule has 6 heteroatoms. The molecule has 0 amide bonds. The number of benzene rings is 1. The average molecular weight is 427 g/mol. The minimum Gasteiger partial charge on any atom is -0.496 e. The minimum atomic E-state index is 0.411. The van der Waals surface area contributed by atoms with Gasteiger partial charge < -0.3 is 9.47 Å². The van der Waals surface area contributed by atoms with Crippen LogP contribution in [0.15, 0.2) is 67.0 Å². The van der Waals surface area contributed by atoms with Crippen LogP contribution in [-0.2, 0) is 19.4 Å². The van der Waals surface area contributed by atoms with Crippen LogP contribution in [0.2, 0.25) is 0 Å². The fourth-order valence-corrected chi connectivity index (χ4v) is 3.38. The summed E-state index contributed by atoms with van der Waals surface area (Å²) in [6, 6.07) is 17.7. The van der Waals surface area contributed by atoms with Crippen molar-refractivity contribution in [1.29, 1.82) is 0 Å². The molecule has 3 aromatic heterocycles. The first-order valence-electron chi connectivity index (χ1n) is 10.5. The highest BCUT2D eigenvalue weighted by atomic mass is 16.5. The fraction of sp³-hybridized carbons (Fsp3) is 0.192. The highest BCUT2D eigenvalue weighted by Gasteiger charge is 2.06. The quantitative estimate of drug-likeness (QED) is 0.405. The van der Waals surface area contributed by atoms with Crippen LogP contribution in [0.1, 0.15) is 33.9 Å². The molecule has 0 aliphatic carbocycles. The largest absolute Gasteiger partial charge is 0.496 e. The van der Waals surface area contributed by atoms with Crippen molar-refractivity contribution in [1.82, 2.24) is 20.2 Å². The van der Waals surface area contributed by atoms with E-state index in [-0.39, 0.29) is 0 Å². The molecule has 0 aliphatic rings. The molecule has 0 saturated heterocycles. The number of aryl methyl sites for hydroxylation is 3. The third-order valence-electron chi connectivity index (χ3n) is 5.18. The van der Waals surface area contributed by atoms with Gasteiger partial charge in [-0.15, -0.1) is 0 Å². The topological polar surface area (TPSA) is 72.9 Å². The van der Waals surface area contributed by atoms with Gasteiger partial charge in [-0.25, -0.2) is 0 Å². The van der Waals surface area contributed by atoms with E-state index in [1.54, 1.807) is 13.3 Å². The number of ether oxygens (including phenoxy) is 2. The molecule has 0 radical (unpaired) electrons. The fourth-order valence-electron chi connectivity index (χ4n) is 3.38. The number of methoxy groups -OCH3 is 1.